The summed E-state index contributed by atoms with van der Waals surface area (Å²) in [4.78, 5) is 2.73. The summed E-state index contributed by atoms with van der Waals surface area (Å²) in [5.74, 6) is 1.85. The van der Waals surface area contributed by atoms with Gasteiger partial charge in [-0.2, -0.15) is 0 Å². The second-order valence-corrected chi connectivity index (χ2v) is 8.17. The third kappa shape index (κ3) is 2.52. The van der Waals surface area contributed by atoms with Crippen molar-refractivity contribution < 1.29 is 4.21 Å². The van der Waals surface area contributed by atoms with E-state index in [0.717, 1.165) is 30.9 Å². The summed E-state index contributed by atoms with van der Waals surface area (Å²) < 4.78 is 11.5. The van der Waals surface area contributed by atoms with Crippen LogP contribution in [-0.2, 0) is 10.8 Å². The third-order valence-electron chi connectivity index (χ3n) is 5.21. The second kappa shape index (κ2) is 5.22. The van der Waals surface area contributed by atoms with Gasteiger partial charge < -0.3 is 5.32 Å². The first-order valence-electron chi connectivity index (χ1n) is 7.54. The van der Waals surface area contributed by atoms with Gasteiger partial charge in [0.15, 0.2) is 0 Å². The predicted octanol–water partition coefficient (Wildman–Crippen LogP) is 1.50. The Morgan fingerprint density at radius 1 is 1.22 bits per heavy atom. The maximum Gasteiger partial charge on any atom is 0.0309 e. The highest BCUT2D eigenvalue weighted by molar-refractivity contribution is 7.85. The molecule has 0 aromatic rings. The Hall–Kier alpha value is 0.0700. The Kier molecular flexibility index (Phi) is 3.79. The Morgan fingerprint density at radius 2 is 1.89 bits per heavy atom. The molecule has 4 heteroatoms. The van der Waals surface area contributed by atoms with Crippen LogP contribution in [0.25, 0.3) is 0 Å². The molecule has 2 aliphatic heterocycles. The highest BCUT2D eigenvalue weighted by atomic mass is 32.2. The van der Waals surface area contributed by atoms with E-state index in [0.29, 0.717) is 17.6 Å². The van der Waals surface area contributed by atoms with Crippen LogP contribution in [-0.4, -0.2) is 51.3 Å². The van der Waals surface area contributed by atoms with Crippen molar-refractivity contribution in [1.29, 1.82) is 0 Å². The van der Waals surface area contributed by atoms with Crippen LogP contribution in [0.1, 0.15) is 45.4 Å². The zero-order valence-electron chi connectivity index (χ0n) is 11.5. The Bertz CT molecular complexity index is 318. The molecule has 1 atom stereocenters. The van der Waals surface area contributed by atoms with Crippen LogP contribution in [0.3, 0.4) is 0 Å². The zero-order valence-corrected chi connectivity index (χ0v) is 12.3. The monoisotopic (exact) mass is 270 g/mol. The van der Waals surface area contributed by atoms with Gasteiger partial charge in [-0.25, -0.2) is 0 Å². The van der Waals surface area contributed by atoms with Gasteiger partial charge in [-0.1, -0.05) is 12.8 Å². The topological polar surface area (TPSA) is 32.3 Å². The summed E-state index contributed by atoms with van der Waals surface area (Å²) >= 11 is 0. The highest BCUT2D eigenvalue weighted by Crippen LogP contribution is 2.35. The van der Waals surface area contributed by atoms with Gasteiger partial charge in [0.1, 0.15) is 0 Å². The molecular weight excluding hydrogens is 244 g/mol. The first kappa shape index (κ1) is 13.1. The molecule has 18 heavy (non-hydrogen) atoms. The van der Waals surface area contributed by atoms with Crippen molar-refractivity contribution in [2.24, 2.45) is 0 Å². The summed E-state index contributed by atoms with van der Waals surface area (Å²) in [6.07, 6.45) is 7.79. The molecule has 0 aromatic heterocycles. The third-order valence-corrected chi connectivity index (χ3v) is 6.59. The molecule has 0 amide bonds. The minimum atomic E-state index is -0.529. The van der Waals surface area contributed by atoms with E-state index in [4.69, 9.17) is 0 Å². The molecule has 3 fully saturated rings. The number of nitrogens with one attached hydrogen (secondary N) is 1. The number of hydrogen-bond donors (Lipinski definition) is 1. The van der Waals surface area contributed by atoms with E-state index in [1.54, 1.807) is 0 Å². The number of hydrogen-bond acceptors (Lipinski definition) is 3. The zero-order chi connectivity index (χ0) is 12.6. The van der Waals surface area contributed by atoms with Crippen LogP contribution in [0.2, 0.25) is 0 Å². The van der Waals surface area contributed by atoms with Gasteiger partial charge in [-0.3, -0.25) is 9.11 Å². The van der Waals surface area contributed by atoms with Crippen molar-refractivity contribution in [3.8, 4) is 0 Å². The standard InChI is InChI=1S/C14H26N2OS/c1-12-10-15-14(6-2-3-7-14)11-16(12)13-4-8-18(17)9-5-13/h12-13,15H,2-11H2,1H3. The summed E-state index contributed by atoms with van der Waals surface area (Å²) in [7, 11) is -0.529. The first-order chi connectivity index (χ1) is 8.69. The highest BCUT2D eigenvalue weighted by Gasteiger charge is 2.42. The van der Waals surface area contributed by atoms with E-state index in [1.807, 2.05) is 0 Å². The molecule has 1 unspecified atom stereocenters. The SMILES string of the molecule is CC1CNC2(CCCC2)CN1C1CCS(=O)CC1. The van der Waals surface area contributed by atoms with Crippen LogP contribution in [0, 0.1) is 0 Å². The lowest BCUT2D eigenvalue weighted by molar-refractivity contribution is 0.0467. The van der Waals surface area contributed by atoms with E-state index < -0.39 is 10.8 Å². The first-order valence-corrected chi connectivity index (χ1v) is 9.03. The minimum Gasteiger partial charge on any atom is -0.308 e. The average molecular weight is 270 g/mol. The minimum absolute atomic E-state index is 0.420. The number of rotatable bonds is 1. The van der Waals surface area contributed by atoms with Crippen LogP contribution in [0.15, 0.2) is 0 Å². The van der Waals surface area contributed by atoms with Crippen molar-refractivity contribution >= 4 is 10.8 Å². The van der Waals surface area contributed by atoms with E-state index in [2.05, 4.69) is 17.1 Å². The molecule has 1 saturated carbocycles. The van der Waals surface area contributed by atoms with Crippen molar-refractivity contribution in [1.82, 2.24) is 10.2 Å². The molecular formula is C14H26N2OS. The lowest BCUT2D eigenvalue weighted by Gasteiger charge is -2.49. The number of piperazine rings is 1. The van der Waals surface area contributed by atoms with Crippen LogP contribution in [0.5, 0.6) is 0 Å². The molecule has 104 valence electrons. The van der Waals surface area contributed by atoms with Gasteiger partial charge in [0, 0.05) is 53.0 Å². The Balaban J connectivity index is 1.67. The van der Waals surface area contributed by atoms with Crippen molar-refractivity contribution in [2.45, 2.75) is 63.1 Å². The summed E-state index contributed by atoms with van der Waals surface area (Å²) in [6, 6.07) is 1.34. The van der Waals surface area contributed by atoms with Gasteiger partial charge in [-0.15, -0.1) is 0 Å². The normalized spacial score (nSPS) is 41.3. The fourth-order valence-corrected chi connectivity index (χ4v) is 5.31. The van der Waals surface area contributed by atoms with Crippen LogP contribution < -0.4 is 5.32 Å². The Labute approximate surface area is 113 Å². The predicted molar refractivity (Wildman–Crippen MR) is 76.3 cm³/mol. The summed E-state index contributed by atoms with van der Waals surface area (Å²) in [5.41, 5.74) is 0.420. The van der Waals surface area contributed by atoms with Crippen LogP contribution >= 0.6 is 0 Å². The van der Waals surface area contributed by atoms with Gasteiger partial charge in [-0.05, 0) is 32.6 Å². The molecule has 1 N–H and O–H groups in total. The van der Waals surface area contributed by atoms with E-state index in [9.17, 15) is 4.21 Å². The van der Waals surface area contributed by atoms with Crippen molar-refractivity contribution in [2.75, 3.05) is 24.6 Å². The molecule has 3 aliphatic rings. The molecule has 2 heterocycles. The quantitative estimate of drug-likeness (QED) is 0.784. The summed E-state index contributed by atoms with van der Waals surface area (Å²) in [5, 5.41) is 3.82. The van der Waals surface area contributed by atoms with E-state index in [1.165, 1.54) is 32.2 Å². The smallest absolute Gasteiger partial charge is 0.0309 e. The molecule has 0 radical (unpaired) electrons. The van der Waals surface area contributed by atoms with E-state index in [-0.39, 0.29) is 0 Å². The average Bonchev–Trinajstić information content (AvgIpc) is 2.82. The summed E-state index contributed by atoms with van der Waals surface area (Å²) in [6.45, 7) is 4.71. The molecule has 3 nitrogen and oxygen atoms in total. The molecule has 3 rings (SSSR count). The molecule has 0 aromatic carbocycles. The molecule has 2 saturated heterocycles. The molecule has 1 spiro atoms. The number of nitrogens with zero attached hydrogens (tertiary/aromatic N) is 1. The van der Waals surface area contributed by atoms with Crippen molar-refractivity contribution in [3.05, 3.63) is 0 Å². The molecule has 1 aliphatic carbocycles. The van der Waals surface area contributed by atoms with Crippen molar-refractivity contribution in [3.63, 3.8) is 0 Å². The second-order valence-electron chi connectivity index (χ2n) is 6.47. The van der Waals surface area contributed by atoms with Gasteiger partial charge in [0.25, 0.3) is 0 Å². The van der Waals surface area contributed by atoms with Gasteiger partial charge in [0.2, 0.25) is 0 Å². The fraction of sp³-hybridized carbons (Fsp3) is 1.00. The van der Waals surface area contributed by atoms with E-state index >= 15 is 0 Å². The lowest BCUT2D eigenvalue weighted by atomic mass is 9.90. The molecule has 0 bridgehead atoms. The largest absolute Gasteiger partial charge is 0.308 e. The van der Waals surface area contributed by atoms with Gasteiger partial charge >= 0.3 is 0 Å². The Morgan fingerprint density at radius 3 is 2.56 bits per heavy atom. The van der Waals surface area contributed by atoms with Crippen LogP contribution in [0.4, 0.5) is 0 Å². The fourth-order valence-electron chi connectivity index (χ4n) is 4.03. The maximum absolute atomic E-state index is 11.5. The maximum atomic E-state index is 11.5. The van der Waals surface area contributed by atoms with Gasteiger partial charge in [0.05, 0.1) is 0 Å². The lowest BCUT2D eigenvalue weighted by Crippen LogP contribution is -2.65.